The molecule has 0 aromatic heterocycles. The predicted octanol–water partition coefficient (Wildman–Crippen LogP) is 1.86. The van der Waals surface area contributed by atoms with E-state index in [1.807, 2.05) is 46.0 Å². The number of hydrogen-bond donors (Lipinski definition) is 2. The number of benzene rings is 1. The van der Waals surface area contributed by atoms with Crippen LogP contribution in [0.15, 0.2) is 35.3 Å². The summed E-state index contributed by atoms with van der Waals surface area (Å²) in [6.07, 6.45) is 0. The van der Waals surface area contributed by atoms with E-state index in [0.717, 1.165) is 19.0 Å². The molecule has 0 atom stereocenters. The summed E-state index contributed by atoms with van der Waals surface area (Å²) in [5.41, 5.74) is 1.24. The van der Waals surface area contributed by atoms with Crippen LogP contribution in [0, 0.1) is 5.92 Å². The zero-order valence-electron chi connectivity index (χ0n) is 14.1. The second kappa shape index (κ2) is 9.82. The summed E-state index contributed by atoms with van der Waals surface area (Å²) in [7, 11) is 2.02. The van der Waals surface area contributed by atoms with Crippen LogP contribution < -0.4 is 10.6 Å². The van der Waals surface area contributed by atoms with Gasteiger partial charge in [-0.05, 0) is 12.5 Å². The van der Waals surface area contributed by atoms with Gasteiger partial charge in [0.15, 0.2) is 5.96 Å². The molecule has 0 radical (unpaired) electrons. The van der Waals surface area contributed by atoms with Crippen LogP contribution in [-0.4, -0.2) is 43.4 Å². The molecule has 0 unspecified atom stereocenters. The summed E-state index contributed by atoms with van der Waals surface area (Å²) in [6.45, 7) is 8.56. The first kappa shape index (κ1) is 18.0. The van der Waals surface area contributed by atoms with Crippen molar-refractivity contribution in [2.45, 2.75) is 27.3 Å². The minimum absolute atomic E-state index is 0.0120. The number of carbonyl (C=O) groups is 1. The number of guanidine groups is 1. The first-order valence-electron chi connectivity index (χ1n) is 7.85. The highest BCUT2D eigenvalue weighted by molar-refractivity contribution is 5.80. The quantitative estimate of drug-likeness (QED) is 0.459. The van der Waals surface area contributed by atoms with Crippen molar-refractivity contribution >= 4 is 11.9 Å². The highest BCUT2D eigenvalue weighted by Crippen LogP contribution is 2.02. The highest BCUT2D eigenvalue weighted by atomic mass is 16.1. The van der Waals surface area contributed by atoms with Gasteiger partial charge in [0.2, 0.25) is 5.91 Å². The van der Waals surface area contributed by atoms with Crippen molar-refractivity contribution in [3.8, 4) is 0 Å². The van der Waals surface area contributed by atoms with E-state index >= 15 is 0 Å². The van der Waals surface area contributed by atoms with Crippen LogP contribution in [0.2, 0.25) is 0 Å². The summed E-state index contributed by atoms with van der Waals surface area (Å²) in [5, 5.41) is 6.15. The molecule has 0 heterocycles. The molecule has 0 bridgehead atoms. The van der Waals surface area contributed by atoms with Gasteiger partial charge in [-0.2, -0.15) is 0 Å². The normalized spacial score (nSPS) is 11.4. The molecule has 1 aromatic rings. The Morgan fingerprint density at radius 1 is 1.23 bits per heavy atom. The molecule has 0 saturated carbocycles. The summed E-state index contributed by atoms with van der Waals surface area (Å²) < 4.78 is 0. The van der Waals surface area contributed by atoms with Gasteiger partial charge in [0.25, 0.3) is 0 Å². The fraction of sp³-hybridized carbons (Fsp3) is 0.529. The van der Waals surface area contributed by atoms with Crippen LogP contribution in [0.25, 0.3) is 0 Å². The highest BCUT2D eigenvalue weighted by Gasteiger charge is 2.07. The summed E-state index contributed by atoms with van der Waals surface area (Å²) in [5.74, 6) is 0.931. The van der Waals surface area contributed by atoms with Gasteiger partial charge in [-0.3, -0.25) is 9.79 Å². The third-order valence-electron chi connectivity index (χ3n) is 3.16. The molecule has 1 amide bonds. The Hall–Kier alpha value is -2.04. The Balaban J connectivity index is 2.52. The van der Waals surface area contributed by atoms with Gasteiger partial charge in [-0.1, -0.05) is 44.2 Å². The van der Waals surface area contributed by atoms with Gasteiger partial charge in [0.05, 0.1) is 6.54 Å². The van der Waals surface area contributed by atoms with Crippen molar-refractivity contribution < 1.29 is 4.79 Å². The summed E-state index contributed by atoms with van der Waals surface area (Å²) in [4.78, 5) is 18.1. The number of nitrogens with zero attached hydrogens (tertiary/aromatic N) is 2. The summed E-state index contributed by atoms with van der Waals surface area (Å²) >= 11 is 0. The van der Waals surface area contributed by atoms with Gasteiger partial charge < -0.3 is 15.5 Å². The zero-order chi connectivity index (χ0) is 16.4. The molecule has 0 saturated heterocycles. The van der Waals surface area contributed by atoms with E-state index < -0.39 is 0 Å². The van der Waals surface area contributed by atoms with Crippen LogP contribution in [0.4, 0.5) is 0 Å². The van der Waals surface area contributed by atoms with Crippen LogP contribution >= 0.6 is 0 Å². The van der Waals surface area contributed by atoms with Crippen LogP contribution in [0.5, 0.6) is 0 Å². The fourth-order valence-corrected chi connectivity index (χ4v) is 1.95. The molecule has 1 aromatic carbocycles. The minimum Gasteiger partial charge on any atom is -0.357 e. The maximum Gasteiger partial charge on any atom is 0.222 e. The van der Waals surface area contributed by atoms with E-state index in [1.165, 1.54) is 5.56 Å². The van der Waals surface area contributed by atoms with Crippen molar-refractivity contribution in [1.29, 1.82) is 0 Å². The van der Waals surface area contributed by atoms with E-state index in [-0.39, 0.29) is 11.8 Å². The second-order valence-electron chi connectivity index (χ2n) is 5.52. The molecule has 22 heavy (non-hydrogen) atoms. The Kier molecular flexibility index (Phi) is 8.04. The van der Waals surface area contributed by atoms with Crippen molar-refractivity contribution in [3.63, 3.8) is 0 Å². The topological polar surface area (TPSA) is 56.7 Å². The number of carbonyl (C=O) groups excluding carboxylic acids is 1. The predicted molar refractivity (Wildman–Crippen MR) is 91.7 cm³/mol. The SMILES string of the molecule is CCNC(=NCCNC(=O)C(C)C)N(C)Cc1ccccc1. The molecule has 0 fully saturated rings. The number of aliphatic imine (C=N–C) groups is 1. The fourth-order valence-electron chi connectivity index (χ4n) is 1.95. The van der Waals surface area contributed by atoms with Crippen molar-refractivity contribution in [1.82, 2.24) is 15.5 Å². The molecule has 122 valence electrons. The molecule has 5 nitrogen and oxygen atoms in total. The molecule has 0 spiro atoms. The molecule has 0 aliphatic heterocycles. The maximum absolute atomic E-state index is 11.5. The standard InChI is InChI=1S/C17H28N4O/c1-5-18-17(20-12-11-19-16(22)14(2)3)21(4)13-15-9-7-6-8-10-15/h6-10,14H,5,11-13H2,1-4H3,(H,18,20)(H,19,22). The van der Waals surface area contributed by atoms with Crippen molar-refractivity contribution in [2.75, 3.05) is 26.7 Å². The molecule has 5 heteroatoms. The Bertz CT molecular complexity index is 471. The zero-order valence-corrected chi connectivity index (χ0v) is 14.1. The summed E-state index contributed by atoms with van der Waals surface area (Å²) in [6, 6.07) is 10.3. The van der Waals surface area contributed by atoms with Gasteiger partial charge in [-0.15, -0.1) is 0 Å². The number of amides is 1. The van der Waals surface area contributed by atoms with Gasteiger partial charge >= 0.3 is 0 Å². The molecular formula is C17H28N4O. The van der Waals surface area contributed by atoms with E-state index in [0.29, 0.717) is 13.1 Å². The third kappa shape index (κ3) is 6.61. The van der Waals surface area contributed by atoms with Crippen LogP contribution in [0.3, 0.4) is 0 Å². The lowest BCUT2D eigenvalue weighted by molar-refractivity contribution is -0.123. The number of rotatable bonds is 7. The van der Waals surface area contributed by atoms with Crippen molar-refractivity contribution in [3.05, 3.63) is 35.9 Å². The average Bonchev–Trinajstić information content (AvgIpc) is 2.50. The lowest BCUT2D eigenvalue weighted by Gasteiger charge is -2.22. The first-order valence-corrected chi connectivity index (χ1v) is 7.85. The second-order valence-corrected chi connectivity index (χ2v) is 5.52. The Morgan fingerprint density at radius 3 is 2.50 bits per heavy atom. The maximum atomic E-state index is 11.5. The van der Waals surface area contributed by atoms with Gasteiger partial charge in [0.1, 0.15) is 0 Å². The molecule has 1 rings (SSSR count). The Morgan fingerprint density at radius 2 is 1.91 bits per heavy atom. The van der Waals surface area contributed by atoms with Gasteiger partial charge in [0, 0.05) is 32.6 Å². The first-order chi connectivity index (χ1) is 10.5. The lowest BCUT2D eigenvalue weighted by atomic mass is 10.2. The van der Waals surface area contributed by atoms with E-state index in [2.05, 4.69) is 32.7 Å². The van der Waals surface area contributed by atoms with Gasteiger partial charge in [-0.25, -0.2) is 0 Å². The third-order valence-corrected chi connectivity index (χ3v) is 3.16. The van der Waals surface area contributed by atoms with E-state index in [9.17, 15) is 4.79 Å². The smallest absolute Gasteiger partial charge is 0.222 e. The molecule has 0 aliphatic rings. The molecular weight excluding hydrogens is 276 g/mol. The van der Waals surface area contributed by atoms with E-state index in [1.54, 1.807) is 0 Å². The number of hydrogen-bond acceptors (Lipinski definition) is 2. The average molecular weight is 304 g/mol. The van der Waals surface area contributed by atoms with Crippen molar-refractivity contribution in [2.24, 2.45) is 10.9 Å². The number of nitrogens with one attached hydrogen (secondary N) is 2. The largest absolute Gasteiger partial charge is 0.357 e. The van der Waals surface area contributed by atoms with E-state index in [4.69, 9.17) is 0 Å². The molecule has 2 N–H and O–H groups in total. The Labute approximate surface area is 133 Å². The minimum atomic E-state index is 0.0120. The molecule has 0 aliphatic carbocycles. The monoisotopic (exact) mass is 304 g/mol. The van der Waals surface area contributed by atoms with Crippen LogP contribution in [-0.2, 0) is 11.3 Å². The van der Waals surface area contributed by atoms with Crippen LogP contribution in [0.1, 0.15) is 26.3 Å². The lowest BCUT2D eigenvalue weighted by Crippen LogP contribution is -2.39.